The summed E-state index contributed by atoms with van der Waals surface area (Å²) in [5, 5.41) is 2.77. The predicted octanol–water partition coefficient (Wildman–Crippen LogP) is 3.15. The molecule has 2 amide bonds. The van der Waals surface area contributed by atoms with Crippen molar-refractivity contribution >= 4 is 27.5 Å². The first-order valence-electron chi connectivity index (χ1n) is 10.4. The molecule has 1 saturated heterocycles. The maximum Gasteiger partial charge on any atom is 0.262 e. The van der Waals surface area contributed by atoms with Gasteiger partial charge in [-0.05, 0) is 69.9 Å². The highest BCUT2D eigenvalue weighted by atomic mass is 32.2. The van der Waals surface area contributed by atoms with Gasteiger partial charge in [-0.2, -0.15) is 0 Å². The van der Waals surface area contributed by atoms with Crippen molar-refractivity contribution < 1.29 is 18.0 Å². The van der Waals surface area contributed by atoms with Crippen LogP contribution in [0.3, 0.4) is 0 Å². The second-order valence-electron chi connectivity index (χ2n) is 7.97. The fourth-order valence-electron chi connectivity index (χ4n) is 4.25. The van der Waals surface area contributed by atoms with Crippen LogP contribution in [0.25, 0.3) is 0 Å². The number of amides is 2. The number of nitrogens with zero attached hydrogens (tertiary/aromatic N) is 1. The molecule has 31 heavy (non-hydrogen) atoms. The van der Waals surface area contributed by atoms with Crippen LogP contribution in [0.1, 0.15) is 46.8 Å². The van der Waals surface area contributed by atoms with Crippen molar-refractivity contribution in [1.29, 1.82) is 0 Å². The molecule has 2 N–H and O–H groups in total. The molecule has 1 aliphatic rings. The number of carbonyl (C=O) groups is 2. The number of benzene rings is 2. The fraction of sp³-hybridized carbons (Fsp3) is 0.391. The average Bonchev–Trinajstić information content (AvgIpc) is 3.16. The number of likely N-dealkylation sites (tertiary alicyclic amines) is 1. The minimum absolute atomic E-state index is 0.157. The smallest absolute Gasteiger partial charge is 0.262 e. The molecule has 1 fully saturated rings. The van der Waals surface area contributed by atoms with Crippen LogP contribution in [0.5, 0.6) is 0 Å². The molecule has 166 valence electrons. The molecule has 1 atom stereocenters. The van der Waals surface area contributed by atoms with Crippen molar-refractivity contribution in [3.63, 3.8) is 0 Å². The van der Waals surface area contributed by atoms with E-state index in [1.54, 1.807) is 36.9 Å². The molecule has 0 spiro atoms. The van der Waals surface area contributed by atoms with E-state index in [4.69, 9.17) is 0 Å². The Bertz CT molecular complexity index is 1090. The molecule has 2 aromatic carbocycles. The summed E-state index contributed by atoms with van der Waals surface area (Å²) in [6.45, 7) is 8.30. The van der Waals surface area contributed by atoms with Crippen LogP contribution in [0.15, 0.2) is 41.3 Å². The zero-order chi connectivity index (χ0) is 22.8. The number of sulfonamides is 1. The minimum Gasteiger partial charge on any atom is -0.355 e. The van der Waals surface area contributed by atoms with Gasteiger partial charge in [-0.25, -0.2) is 8.42 Å². The van der Waals surface area contributed by atoms with Crippen LogP contribution >= 0.6 is 0 Å². The van der Waals surface area contributed by atoms with Crippen molar-refractivity contribution in [3.05, 3.63) is 58.7 Å². The normalized spacial score (nSPS) is 16.3. The molecule has 7 nitrogen and oxygen atoms in total. The third-order valence-corrected chi connectivity index (χ3v) is 7.09. The summed E-state index contributed by atoms with van der Waals surface area (Å²) in [5.74, 6) is -0.437. The van der Waals surface area contributed by atoms with Gasteiger partial charge >= 0.3 is 0 Å². The van der Waals surface area contributed by atoms with E-state index in [-0.39, 0.29) is 16.7 Å². The van der Waals surface area contributed by atoms with Gasteiger partial charge in [0.15, 0.2) is 0 Å². The summed E-state index contributed by atoms with van der Waals surface area (Å²) >= 11 is 0. The van der Waals surface area contributed by atoms with E-state index in [1.165, 1.54) is 6.07 Å². The van der Waals surface area contributed by atoms with Gasteiger partial charge in [0.1, 0.15) is 6.04 Å². The number of hydrogen-bond donors (Lipinski definition) is 2. The van der Waals surface area contributed by atoms with E-state index in [9.17, 15) is 18.0 Å². The summed E-state index contributed by atoms with van der Waals surface area (Å²) in [7, 11) is -3.82. The SMILES string of the molecule is CCNC(=O)[C@H]1CCCN1C(=O)c1cccc(NS(=O)(=O)c2c(C)cc(C)cc2C)c1. The molecule has 8 heteroatoms. The Kier molecular flexibility index (Phi) is 6.69. The Morgan fingerprint density at radius 2 is 1.77 bits per heavy atom. The summed E-state index contributed by atoms with van der Waals surface area (Å²) in [5.41, 5.74) is 2.97. The average molecular weight is 444 g/mol. The number of rotatable bonds is 6. The zero-order valence-electron chi connectivity index (χ0n) is 18.4. The second-order valence-corrected chi connectivity index (χ2v) is 9.58. The lowest BCUT2D eigenvalue weighted by atomic mass is 10.1. The van der Waals surface area contributed by atoms with Crippen LogP contribution in [0.2, 0.25) is 0 Å². The maximum atomic E-state index is 13.1. The summed E-state index contributed by atoms with van der Waals surface area (Å²) in [6, 6.07) is 9.56. The van der Waals surface area contributed by atoms with Gasteiger partial charge in [-0.15, -0.1) is 0 Å². The molecule has 0 aromatic heterocycles. The van der Waals surface area contributed by atoms with Crippen molar-refractivity contribution in [1.82, 2.24) is 10.2 Å². The topological polar surface area (TPSA) is 95.6 Å². The van der Waals surface area contributed by atoms with Crippen molar-refractivity contribution in [2.75, 3.05) is 17.8 Å². The molecule has 1 aliphatic heterocycles. The van der Waals surface area contributed by atoms with E-state index >= 15 is 0 Å². The fourth-order valence-corrected chi connectivity index (χ4v) is 5.76. The first-order valence-corrected chi connectivity index (χ1v) is 11.9. The third kappa shape index (κ3) is 4.90. The molecule has 2 aromatic rings. The van der Waals surface area contributed by atoms with Gasteiger partial charge in [0.25, 0.3) is 15.9 Å². The van der Waals surface area contributed by atoms with E-state index in [0.717, 1.165) is 12.0 Å². The third-order valence-electron chi connectivity index (χ3n) is 5.40. The van der Waals surface area contributed by atoms with Crippen molar-refractivity contribution in [3.8, 4) is 0 Å². The van der Waals surface area contributed by atoms with Gasteiger partial charge in [0.05, 0.1) is 4.90 Å². The number of likely N-dealkylation sites (N-methyl/N-ethyl adjacent to an activating group) is 1. The van der Waals surface area contributed by atoms with Crippen molar-refractivity contribution in [2.45, 2.75) is 51.5 Å². The minimum atomic E-state index is -3.82. The number of hydrogen-bond acceptors (Lipinski definition) is 4. The molecule has 3 rings (SSSR count). The highest BCUT2D eigenvalue weighted by Gasteiger charge is 2.34. The lowest BCUT2D eigenvalue weighted by Crippen LogP contribution is -2.45. The van der Waals surface area contributed by atoms with Crippen LogP contribution in [-0.2, 0) is 14.8 Å². The molecular formula is C23H29N3O4S. The Morgan fingerprint density at radius 3 is 2.42 bits per heavy atom. The Morgan fingerprint density at radius 1 is 1.10 bits per heavy atom. The van der Waals surface area contributed by atoms with E-state index in [0.29, 0.717) is 41.9 Å². The molecule has 0 aliphatic carbocycles. The largest absolute Gasteiger partial charge is 0.355 e. The maximum absolute atomic E-state index is 13.1. The van der Waals surface area contributed by atoms with Gasteiger partial charge < -0.3 is 10.2 Å². The number of anilines is 1. The van der Waals surface area contributed by atoms with Crippen molar-refractivity contribution in [2.24, 2.45) is 0 Å². The lowest BCUT2D eigenvalue weighted by Gasteiger charge is -2.24. The second kappa shape index (κ2) is 9.09. The van der Waals surface area contributed by atoms with Gasteiger partial charge in [-0.3, -0.25) is 14.3 Å². The Labute approximate surface area is 183 Å². The first-order chi connectivity index (χ1) is 14.6. The van der Waals surface area contributed by atoms with Gasteiger partial charge in [-0.1, -0.05) is 23.8 Å². The molecular weight excluding hydrogens is 414 g/mol. The zero-order valence-corrected chi connectivity index (χ0v) is 19.2. The quantitative estimate of drug-likeness (QED) is 0.717. The number of carbonyl (C=O) groups excluding carboxylic acids is 2. The Balaban J connectivity index is 1.85. The van der Waals surface area contributed by atoms with Gasteiger partial charge in [0, 0.05) is 24.3 Å². The summed E-state index contributed by atoms with van der Waals surface area (Å²) in [6.07, 6.45) is 1.38. The standard InChI is InChI=1S/C23H29N3O4S/c1-5-24-22(27)20-10-7-11-26(20)23(28)18-8-6-9-19(14-18)25-31(29,30)21-16(3)12-15(2)13-17(21)4/h6,8-9,12-14,20,25H,5,7,10-11H2,1-4H3,(H,24,27)/t20-/m1/s1. The molecule has 0 saturated carbocycles. The van der Waals surface area contributed by atoms with E-state index < -0.39 is 16.1 Å². The van der Waals surface area contributed by atoms with Crippen LogP contribution < -0.4 is 10.0 Å². The molecule has 1 heterocycles. The van der Waals surface area contributed by atoms with Crippen LogP contribution in [0.4, 0.5) is 5.69 Å². The molecule has 0 bridgehead atoms. The molecule has 0 unspecified atom stereocenters. The highest BCUT2D eigenvalue weighted by Crippen LogP contribution is 2.26. The summed E-state index contributed by atoms with van der Waals surface area (Å²) in [4.78, 5) is 27.2. The van der Waals surface area contributed by atoms with Gasteiger partial charge in [0.2, 0.25) is 5.91 Å². The van der Waals surface area contributed by atoms with E-state index in [2.05, 4.69) is 10.0 Å². The van der Waals surface area contributed by atoms with E-state index in [1.807, 2.05) is 26.0 Å². The van der Waals surface area contributed by atoms with Crippen LogP contribution in [-0.4, -0.2) is 44.3 Å². The number of nitrogens with one attached hydrogen (secondary N) is 2. The number of aryl methyl sites for hydroxylation is 3. The highest BCUT2D eigenvalue weighted by molar-refractivity contribution is 7.92. The summed E-state index contributed by atoms with van der Waals surface area (Å²) < 4.78 is 28.7. The predicted molar refractivity (Wildman–Crippen MR) is 121 cm³/mol. The monoisotopic (exact) mass is 443 g/mol. The van der Waals surface area contributed by atoms with Crippen LogP contribution in [0, 0.1) is 20.8 Å². The molecule has 0 radical (unpaired) electrons. The first kappa shape index (κ1) is 22.8. The lowest BCUT2D eigenvalue weighted by molar-refractivity contribution is -0.124. The Hall–Kier alpha value is -2.87.